The second-order valence-electron chi connectivity index (χ2n) is 3.52. The topological polar surface area (TPSA) is 51.2 Å². The van der Waals surface area contributed by atoms with Gasteiger partial charge in [0.05, 0.1) is 24.6 Å². The summed E-state index contributed by atoms with van der Waals surface area (Å²) in [5.41, 5.74) is 1.12. The van der Waals surface area contributed by atoms with Crippen LogP contribution >= 0.6 is 15.9 Å². The highest BCUT2D eigenvalue weighted by Gasteiger charge is 2.11. The Balaban J connectivity index is 2.19. The highest BCUT2D eigenvalue weighted by Crippen LogP contribution is 2.19. The van der Waals surface area contributed by atoms with Crippen LogP contribution in [0.3, 0.4) is 0 Å². The lowest BCUT2D eigenvalue weighted by Crippen LogP contribution is -2.13. The molecule has 0 saturated heterocycles. The van der Waals surface area contributed by atoms with Crippen LogP contribution in [-0.4, -0.2) is 18.0 Å². The van der Waals surface area contributed by atoms with E-state index in [1.54, 1.807) is 36.5 Å². The van der Waals surface area contributed by atoms with Crippen LogP contribution < -0.4 is 10.1 Å². The Labute approximate surface area is 113 Å². The Kier molecular flexibility index (Phi) is 3.94. The Morgan fingerprint density at radius 3 is 2.72 bits per heavy atom. The number of halogens is 1. The molecule has 1 aromatic heterocycles. The molecule has 0 aliphatic carbocycles. The van der Waals surface area contributed by atoms with Gasteiger partial charge >= 0.3 is 0 Å². The number of pyridine rings is 1. The Bertz CT molecular complexity index is 555. The van der Waals surface area contributed by atoms with Crippen LogP contribution in [0.1, 0.15) is 10.4 Å². The van der Waals surface area contributed by atoms with E-state index in [0.717, 1.165) is 4.60 Å². The van der Waals surface area contributed by atoms with Crippen LogP contribution in [0.4, 0.5) is 5.69 Å². The van der Waals surface area contributed by atoms with Crippen LogP contribution in [0.2, 0.25) is 0 Å². The highest BCUT2D eigenvalue weighted by molar-refractivity contribution is 9.10. The average Bonchev–Trinajstić information content (AvgIpc) is 2.41. The minimum absolute atomic E-state index is 0.225. The number of rotatable bonds is 3. The molecule has 5 heteroatoms. The summed E-state index contributed by atoms with van der Waals surface area (Å²) in [6.45, 7) is 0. The molecule has 0 aliphatic heterocycles. The lowest BCUT2D eigenvalue weighted by atomic mass is 10.2. The molecule has 0 atom stereocenters. The normalized spacial score (nSPS) is 9.89. The number of para-hydroxylation sites is 1. The molecule has 18 heavy (non-hydrogen) atoms. The molecule has 0 radical (unpaired) electrons. The molecule has 4 nitrogen and oxygen atoms in total. The quantitative estimate of drug-likeness (QED) is 0.887. The fraction of sp³-hybridized carbons (Fsp3) is 0.0769. The van der Waals surface area contributed by atoms with Crippen LogP contribution in [0, 0.1) is 0 Å². The summed E-state index contributed by atoms with van der Waals surface area (Å²) in [6.07, 6.45) is 1.58. The van der Waals surface area contributed by atoms with Crippen molar-refractivity contribution in [1.29, 1.82) is 0 Å². The van der Waals surface area contributed by atoms with Crippen molar-refractivity contribution in [3.05, 3.63) is 52.8 Å². The second-order valence-corrected chi connectivity index (χ2v) is 4.34. The summed E-state index contributed by atoms with van der Waals surface area (Å²) in [7, 11) is 1.54. The van der Waals surface area contributed by atoms with Gasteiger partial charge in [-0.1, -0.05) is 12.1 Å². The van der Waals surface area contributed by atoms with Crippen LogP contribution in [0.25, 0.3) is 0 Å². The van der Waals surface area contributed by atoms with E-state index in [4.69, 9.17) is 4.74 Å². The van der Waals surface area contributed by atoms with Gasteiger partial charge in [-0.25, -0.2) is 4.98 Å². The third-order valence-electron chi connectivity index (χ3n) is 2.34. The SMILES string of the molecule is COc1ccccc1C(=O)Nc1ccc(Br)nc1. The molecule has 0 unspecified atom stereocenters. The first-order valence-corrected chi connectivity index (χ1v) is 6.06. The monoisotopic (exact) mass is 306 g/mol. The lowest BCUT2D eigenvalue weighted by Gasteiger charge is -2.08. The average molecular weight is 307 g/mol. The molecular weight excluding hydrogens is 296 g/mol. The number of hydrogen-bond acceptors (Lipinski definition) is 3. The van der Waals surface area contributed by atoms with E-state index < -0.39 is 0 Å². The van der Waals surface area contributed by atoms with E-state index in [0.29, 0.717) is 17.0 Å². The number of amides is 1. The fourth-order valence-electron chi connectivity index (χ4n) is 1.48. The third kappa shape index (κ3) is 2.87. The third-order valence-corrected chi connectivity index (χ3v) is 2.81. The van der Waals surface area contributed by atoms with E-state index in [9.17, 15) is 4.79 Å². The maximum Gasteiger partial charge on any atom is 0.259 e. The fourth-order valence-corrected chi connectivity index (χ4v) is 1.71. The number of carbonyl (C=O) groups excluding carboxylic acids is 1. The minimum Gasteiger partial charge on any atom is -0.496 e. The zero-order chi connectivity index (χ0) is 13.0. The van der Waals surface area contributed by atoms with E-state index in [2.05, 4.69) is 26.2 Å². The zero-order valence-electron chi connectivity index (χ0n) is 9.68. The van der Waals surface area contributed by atoms with Gasteiger partial charge in [-0.05, 0) is 40.2 Å². The number of aromatic nitrogens is 1. The lowest BCUT2D eigenvalue weighted by molar-refractivity contribution is 0.102. The number of carbonyl (C=O) groups is 1. The van der Waals surface area contributed by atoms with Crippen LogP contribution in [0.5, 0.6) is 5.75 Å². The number of hydrogen-bond donors (Lipinski definition) is 1. The van der Waals surface area contributed by atoms with Gasteiger partial charge < -0.3 is 10.1 Å². The van der Waals surface area contributed by atoms with Crippen molar-refractivity contribution in [3.8, 4) is 5.75 Å². The molecule has 92 valence electrons. The maximum atomic E-state index is 12.0. The molecule has 0 bridgehead atoms. The predicted molar refractivity (Wildman–Crippen MR) is 72.9 cm³/mol. The molecule has 0 spiro atoms. The molecule has 2 aromatic rings. The number of ether oxygens (including phenoxy) is 1. The van der Waals surface area contributed by atoms with Crippen molar-refractivity contribution < 1.29 is 9.53 Å². The van der Waals surface area contributed by atoms with Gasteiger partial charge in [0, 0.05) is 0 Å². The Morgan fingerprint density at radius 2 is 2.06 bits per heavy atom. The van der Waals surface area contributed by atoms with Crippen molar-refractivity contribution >= 4 is 27.5 Å². The van der Waals surface area contributed by atoms with Gasteiger partial charge in [0.1, 0.15) is 10.4 Å². The molecule has 1 amide bonds. The number of nitrogens with zero attached hydrogens (tertiary/aromatic N) is 1. The van der Waals surface area contributed by atoms with Gasteiger partial charge in [0.25, 0.3) is 5.91 Å². The summed E-state index contributed by atoms with van der Waals surface area (Å²) in [6, 6.07) is 10.6. The number of anilines is 1. The summed E-state index contributed by atoms with van der Waals surface area (Å²) in [5.74, 6) is 0.316. The molecule has 1 heterocycles. The highest BCUT2D eigenvalue weighted by atomic mass is 79.9. The zero-order valence-corrected chi connectivity index (χ0v) is 11.3. The molecule has 2 rings (SSSR count). The van der Waals surface area contributed by atoms with Gasteiger partial charge in [-0.15, -0.1) is 0 Å². The molecule has 1 N–H and O–H groups in total. The first-order chi connectivity index (χ1) is 8.70. The standard InChI is InChI=1S/C13H11BrN2O2/c1-18-11-5-3-2-4-10(11)13(17)16-9-6-7-12(14)15-8-9/h2-8H,1H3,(H,16,17). The smallest absolute Gasteiger partial charge is 0.259 e. The summed E-state index contributed by atoms with van der Waals surface area (Å²) in [4.78, 5) is 16.1. The van der Waals surface area contributed by atoms with Gasteiger partial charge in [0.15, 0.2) is 0 Å². The predicted octanol–water partition coefficient (Wildman–Crippen LogP) is 3.11. The van der Waals surface area contributed by atoms with Crippen molar-refractivity contribution in [2.45, 2.75) is 0 Å². The summed E-state index contributed by atoms with van der Waals surface area (Å²) >= 11 is 3.24. The second kappa shape index (κ2) is 5.64. The minimum atomic E-state index is -0.225. The number of benzene rings is 1. The number of nitrogens with one attached hydrogen (secondary N) is 1. The van der Waals surface area contributed by atoms with Crippen LogP contribution in [-0.2, 0) is 0 Å². The Morgan fingerprint density at radius 1 is 1.28 bits per heavy atom. The molecule has 1 aromatic carbocycles. The first kappa shape index (κ1) is 12.6. The largest absolute Gasteiger partial charge is 0.496 e. The molecule has 0 aliphatic rings. The van der Waals surface area contributed by atoms with Crippen molar-refractivity contribution in [2.75, 3.05) is 12.4 Å². The van der Waals surface area contributed by atoms with Gasteiger partial charge in [-0.3, -0.25) is 4.79 Å². The summed E-state index contributed by atoms with van der Waals surface area (Å²) < 4.78 is 5.86. The number of methoxy groups -OCH3 is 1. The van der Waals surface area contributed by atoms with Crippen molar-refractivity contribution in [3.63, 3.8) is 0 Å². The van der Waals surface area contributed by atoms with Crippen LogP contribution in [0.15, 0.2) is 47.2 Å². The van der Waals surface area contributed by atoms with Crippen molar-refractivity contribution in [1.82, 2.24) is 4.98 Å². The Hall–Kier alpha value is -1.88. The van der Waals surface area contributed by atoms with Gasteiger partial charge in [-0.2, -0.15) is 0 Å². The van der Waals surface area contributed by atoms with E-state index >= 15 is 0 Å². The van der Waals surface area contributed by atoms with E-state index in [1.807, 2.05) is 6.07 Å². The van der Waals surface area contributed by atoms with Crippen molar-refractivity contribution in [2.24, 2.45) is 0 Å². The summed E-state index contributed by atoms with van der Waals surface area (Å²) in [5, 5.41) is 2.76. The molecular formula is C13H11BrN2O2. The first-order valence-electron chi connectivity index (χ1n) is 5.26. The van der Waals surface area contributed by atoms with Gasteiger partial charge in [0.2, 0.25) is 0 Å². The van der Waals surface area contributed by atoms with E-state index in [1.165, 1.54) is 7.11 Å². The molecule has 0 saturated carbocycles. The molecule has 0 fully saturated rings. The van der Waals surface area contributed by atoms with E-state index in [-0.39, 0.29) is 5.91 Å². The maximum absolute atomic E-state index is 12.0.